The minimum atomic E-state index is -0.467. The first kappa shape index (κ1) is 18.4. The van der Waals surface area contributed by atoms with Gasteiger partial charge in [0.2, 0.25) is 5.91 Å². The number of aliphatic hydroxyl groups excluding tert-OH is 1. The molecule has 2 aliphatic rings. The highest BCUT2D eigenvalue weighted by Gasteiger charge is 2.32. The summed E-state index contributed by atoms with van der Waals surface area (Å²) in [5.74, 6) is 0.183. The topological polar surface area (TPSA) is 53.0 Å². The summed E-state index contributed by atoms with van der Waals surface area (Å²) < 4.78 is 5.72. The number of benzene rings is 1. The van der Waals surface area contributed by atoms with Crippen LogP contribution in [0.5, 0.6) is 0 Å². The summed E-state index contributed by atoms with van der Waals surface area (Å²) in [6, 6.07) is 10.1. The van der Waals surface area contributed by atoms with Crippen LogP contribution in [0.1, 0.15) is 44.8 Å². The summed E-state index contributed by atoms with van der Waals surface area (Å²) in [4.78, 5) is 16.9. The quantitative estimate of drug-likeness (QED) is 0.888. The van der Waals surface area contributed by atoms with E-state index in [9.17, 15) is 9.90 Å². The van der Waals surface area contributed by atoms with Gasteiger partial charge in [0.15, 0.2) is 0 Å². The largest absolute Gasteiger partial charge is 0.388 e. The predicted octanol–water partition coefficient (Wildman–Crippen LogP) is 2.21. The number of carbonyl (C=O) groups excluding carboxylic acids is 1. The van der Waals surface area contributed by atoms with E-state index in [2.05, 4.69) is 4.90 Å². The number of carbonyl (C=O) groups is 1. The summed E-state index contributed by atoms with van der Waals surface area (Å²) in [5, 5.41) is 10.5. The fraction of sp³-hybridized carbons (Fsp3) is 0.650. The van der Waals surface area contributed by atoms with Gasteiger partial charge in [-0.2, -0.15) is 0 Å². The Bertz CT molecular complexity index is 555. The van der Waals surface area contributed by atoms with Crippen LogP contribution in [0.4, 0.5) is 0 Å². The highest BCUT2D eigenvalue weighted by atomic mass is 16.5. The number of morpholine rings is 1. The molecule has 0 bridgehead atoms. The van der Waals surface area contributed by atoms with Crippen LogP contribution in [0.3, 0.4) is 0 Å². The van der Waals surface area contributed by atoms with Gasteiger partial charge >= 0.3 is 0 Å². The van der Waals surface area contributed by atoms with E-state index in [0.29, 0.717) is 26.1 Å². The Morgan fingerprint density at radius 3 is 2.60 bits per heavy atom. The monoisotopic (exact) mass is 346 g/mol. The zero-order valence-corrected chi connectivity index (χ0v) is 15.3. The van der Waals surface area contributed by atoms with Crippen LogP contribution in [0.25, 0.3) is 0 Å². The van der Waals surface area contributed by atoms with Gasteiger partial charge in [-0.05, 0) is 45.2 Å². The summed E-state index contributed by atoms with van der Waals surface area (Å²) in [7, 11) is 0. The molecule has 2 fully saturated rings. The van der Waals surface area contributed by atoms with Gasteiger partial charge in [-0.15, -0.1) is 0 Å². The number of aliphatic hydroxyl groups is 1. The molecule has 1 N–H and O–H groups in total. The summed E-state index contributed by atoms with van der Waals surface area (Å²) in [6.07, 6.45) is 2.56. The van der Waals surface area contributed by atoms with Crippen molar-refractivity contribution in [1.29, 1.82) is 0 Å². The van der Waals surface area contributed by atoms with Gasteiger partial charge in [0.25, 0.3) is 0 Å². The van der Waals surface area contributed by atoms with Crippen LogP contribution >= 0.6 is 0 Å². The van der Waals surface area contributed by atoms with Crippen LogP contribution in [0, 0.1) is 0 Å². The molecule has 0 aliphatic carbocycles. The molecule has 1 aromatic carbocycles. The van der Waals surface area contributed by atoms with Crippen LogP contribution in [-0.4, -0.2) is 65.2 Å². The third kappa shape index (κ3) is 4.81. The lowest BCUT2D eigenvalue weighted by Crippen LogP contribution is -2.51. The average Bonchev–Trinajstić information content (AvgIpc) is 3.01. The molecule has 0 saturated carbocycles. The third-order valence-electron chi connectivity index (χ3n) is 5.29. The van der Waals surface area contributed by atoms with E-state index in [1.54, 1.807) is 0 Å². The Hall–Kier alpha value is -1.43. The molecule has 4 atom stereocenters. The van der Waals surface area contributed by atoms with E-state index in [1.807, 2.05) is 49.1 Å². The maximum atomic E-state index is 12.7. The summed E-state index contributed by atoms with van der Waals surface area (Å²) in [6.45, 7) is 6.78. The van der Waals surface area contributed by atoms with Crippen molar-refractivity contribution < 1.29 is 14.6 Å². The normalized spacial score (nSPS) is 28.9. The molecular formula is C20H30N2O3. The predicted molar refractivity (Wildman–Crippen MR) is 97.2 cm³/mol. The molecule has 1 aromatic rings. The molecule has 3 rings (SSSR count). The summed E-state index contributed by atoms with van der Waals surface area (Å²) in [5.41, 5.74) is 0.955. The van der Waals surface area contributed by atoms with E-state index in [0.717, 1.165) is 24.9 Å². The van der Waals surface area contributed by atoms with E-state index in [-0.39, 0.29) is 24.2 Å². The molecule has 1 amide bonds. The number of nitrogens with zero attached hydrogens (tertiary/aromatic N) is 2. The molecule has 0 radical (unpaired) electrons. The highest BCUT2D eigenvalue weighted by Crippen LogP contribution is 2.27. The standard InChI is InChI=1S/C20H30N2O3/c1-15-12-22(13-16(2)25-15)20(24)14-21-10-6-9-18(21)11-19(23)17-7-4-3-5-8-17/h3-5,7-8,15-16,18-19,23H,6,9-14H2,1-2H3/t15-,16-,18-,19-/m1/s1. The van der Waals surface area contributed by atoms with Gasteiger partial charge in [-0.1, -0.05) is 30.3 Å². The molecule has 0 spiro atoms. The molecule has 5 heteroatoms. The van der Waals surface area contributed by atoms with Crippen molar-refractivity contribution in [2.24, 2.45) is 0 Å². The Balaban J connectivity index is 1.55. The fourth-order valence-electron chi connectivity index (χ4n) is 4.09. The first-order valence-corrected chi connectivity index (χ1v) is 9.43. The van der Waals surface area contributed by atoms with Crippen molar-refractivity contribution in [2.75, 3.05) is 26.2 Å². The number of rotatable bonds is 5. The first-order chi connectivity index (χ1) is 12.0. The number of ether oxygens (including phenoxy) is 1. The lowest BCUT2D eigenvalue weighted by molar-refractivity contribution is -0.144. The van der Waals surface area contributed by atoms with E-state index in [1.165, 1.54) is 0 Å². The minimum absolute atomic E-state index is 0.0991. The Morgan fingerprint density at radius 2 is 1.92 bits per heavy atom. The van der Waals surface area contributed by atoms with Crippen molar-refractivity contribution in [1.82, 2.24) is 9.80 Å². The fourth-order valence-corrected chi connectivity index (χ4v) is 4.09. The van der Waals surface area contributed by atoms with Crippen LogP contribution in [0.2, 0.25) is 0 Å². The Morgan fingerprint density at radius 1 is 1.24 bits per heavy atom. The molecule has 2 aliphatic heterocycles. The van der Waals surface area contributed by atoms with Crippen LogP contribution < -0.4 is 0 Å². The van der Waals surface area contributed by atoms with Gasteiger partial charge in [0.05, 0.1) is 24.9 Å². The third-order valence-corrected chi connectivity index (χ3v) is 5.29. The second-order valence-corrected chi connectivity index (χ2v) is 7.48. The van der Waals surface area contributed by atoms with Gasteiger partial charge < -0.3 is 14.7 Å². The molecule has 2 heterocycles. The van der Waals surface area contributed by atoms with E-state index >= 15 is 0 Å². The lowest BCUT2D eigenvalue weighted by Gasteiger charge is -2.37. The van der Waals surface area contributed by atoms with Crippen LogP contribution in [0.15, 0.2) is 30.3 Å². The van der Waals surface area contributed by atoms with Crippen molar-refractivity contribution >= 4 is 5.91 Å². The van der Waals surface area contributed by atoms with Gasteiger partial charge in [0, 0.05) is 19.1 Å². The van der Waals surface area contributed by atoms with E-state index < -0.39 is 6.10 Å². The highest BCUT2D eigenvalue weighted by molar-refractivity contribution is 5.78. The SMILES string of the molecule is C[C@@H]1CN(C(=O)CN2CCC[C@@H]2C[C@@H](O)c2ccccc2)C[C@@H](C)O1. The van der Waals surface area contributed by atoms with Crippen molar-refractivity contribution in [3.8, 4) is 0 Å². The Labute approximate surface area is 150 Å². The summed E-state index contributed by atoms with van der Waals surface area (Å²) >= 11 is 0. The van der Waals surface area contributed by atoms with Crippen molar-refractivity contribution in [2.45, 2.75) is 57.5 Å². The number of hydrogen-bond acceptors (Lipinski definition) is 4. The second-order valence-electron chi connectivity index (χ2n) is 7.48. The van der Waals surface area contributed by atoms with Gasteiger partial charge in [0.1, 0.15) is 0 Å². The molecule has 2 saturated heterocycles. The molecule has 5 nitrogen and oxygen atoms in total. The van der Waals surface area contributed by atoms with Crippen molar-refractivity contribution in [3.05, 3.63) is 35.9 Å². The molecular weight excluding hydrogens is 316 g/mol. The lowest BCUT2D eigenvalue weighted by atomic mass is 10.0. The maximum absolute atomic E-state index is 12.7. The van der Waals surface area contributed by atoms with Gasteiger partial charge in [-0.25, -0.2) is 0 Å². The average molecular weight is 346 g/mol. The van der Waals surface area contributed by atoms with Gasteiger partial charge in [-0.3, -0.25) is 9.69 Å². The molecule has 0 unspecified atom stereocenters. The molecule has 25 heavy (non-hydrogen) atoms. The number of amides is 1. The molecule has 138 valence electrons. The smallest absolute Gasteiger partial charge is 0.236 e. The van der Waals surface area contributed by atoms with E-state index in [4.69, 9.17) is 4.74 Å². The van der Waals surface area contributed by atoms with Crippen LogP contribution in [-0.2, 0) is 9.53 Å². The second kappa shape index (κ2) is 8.30. The first-order valence-electron chi connectivity index (χ1n) is 9.43. The minimum Gasteiger partial charge on any atom is -0.388 e. The maximum Gasteiger partial charge on any atom is 0.236 e. The zero-order chi connectivity index (χ0) is 17.8. The molecule has 0 aromatic heterocycles. The number of likely N-dealkylation sites (tertiary alicyclic amines) is 1. The number of hydrogen-bond donors (Lipinski definition) is 1. The Kier molecular flexibility index (Phi) is 6.10. The zero-order valence-electron chi connectivity index (χ0n) is 15.3. The van der Waals surface area contributed by atoms with Crippen molar-refractivity contribution in [3.63, 3.8) is 0 Å².